The van der Waals surface area contributed by atoms with E-state index in [4.69, 9.17) is 9.47 Å². The first kappa shape index (κ1) is 17.9. The summed E-state index contributed by atoms with van der Waals surface area (Å²) in [7, 11) is 0. The normalized spacial score (nSPS) is 30.5. The second-order valence-corrected chi connectivity index (χ2v) is 7.98. The molecule has 3 aliphatic heterocycles. The van der Waals surface area contributed by atoms with E-state index in [1.807, 2.05) is 6.07 Å². The third kappa shape index (κ3) is 4.24. The summed E-state index contributed by atoms with van der Waals surface area (Å²) in [5.74, 6) is 0.723. The standard InChI is InChI=1S/C20H29N3O3/c24-19(17-2-1-7-21-13-17)22-18-5-11-26-20(12-18)6-8-23(15-20)14-16-3-9-25-10-4-16/h1-2,7,13,16,18H,3-6,8-12,14-15H2,(H,22,24)/t18-,20+/m0/s1. The Morgan fingerprint density at radius 2 is 2.19 bits per heavy atom. The lowest BCUT2D eigenvalue weighted by Crippen LogP contribution is -2.50. The molecule has 1 aromatic heterocycles. The average molecular weight is 359 g/mol. The summed E-state index contributed by atoms with van der Waals surface area (Å²) in [5.41, 5.74) is 0.539. The first-order chi connectivity index (χ1) is 12.7. The largest absolute Gasteiger partial charge is 0.381 e. The SMILES string of the molecule is O=C(N[C@H]1CCO[C@]2(CCN(CC3CCOCC3)C2)C1)c1cccnc1. The zero-order chi connectivity index (χ0) is 17.8. The van der Waals surface area contributed by atoms with Crippen LogP contribution in [0.1, 0.15) is 42.5 Å². The highest BCUT2D eigenvalue weighted by atomic mass is 16.5. The Morgan fingerprint density at radius 1 is 1.31 bits per heavy atom. The maximum absolute atomic E-state index is 12.4. The summed E-state index contributed by atoms with van der Waals surface area (Å²) in [6.45, 7) is 5.78. The molecule has 0 aromatic carbocycles. The molecule has 6 heteroatoms. The molecule has 4 rings (SSSR count). The number of pyridine rings is 1. The molecule has 4 heterocycles. The van der Waals surface area contributed by atoms with Gasteiger partial charge in [-0.15, -0.1) is 0 Å². The Morgan fingerprint density at radius 3 is 3.00 bits per heavy atom. The summed E-state index contributed by atoms with van der Waals surface area (Å²) < 4.78 is 11.7. The lowest BCUT2D eigenvalue weighted by atomic mass is 9.89. The van der Waals surface area contributed by atoms with Crippen LogP contribution in [0.25, 0.3) is 0 Å². The Bertz CT molecular complexity index is 606. The quantitative estimate of drug-likeness (QED) is 0.889. The van der Waals surface area contributed by atoms with Crippen molar-refractivity contribution in [3.05, 3.63) is 30.1 Å². The van der Waals surface area contributed by atoms with Crippen LogP contribution in [0.15, 0.2) is 24.5 Å². The molecular formula is C20H29N3O3. The Balaban J connectivity index is 1.31. The van der Waals surface area contributed by atoms with Crippen LogP contribution in [-0.4, -0.2) is 66.9 Å². The molecule has 6 nitrogen and oxygen atoms in total. The van der Waals surface area contributed by atoms with Crippen LogP contribution in [-0.2, 0) is 9.47 Å². The van der Waals surface area contributed by atoms with Crippen molar-refractivity contribution in [3.63, 3.8) is 0 Å². The van der Waals surface area contributed by atoms with Crippen LogP contribution in [0.5, 0.6) is 0 Å². The van der Waals surface area contributed by atoms with Gasteiger partial charge in [-0.05, 0) is 50.2 Å². The van der Waals surface area contributed by atoms with Crippen LogP contribution >= 0.6 is 0 Å². The fourth-order valence-corrected chi connectivity index (χ4v) is 4.58. The molecule has 1 amide bonds. The maximum Gasteiger partial charge on any atom is 0.253 e. The van der Waals surface area contributed by atoms with Gasteiger partial charge in [0.05, 0.1) is 11.2 Å². The number of hydrogen-bond donors (Lipinski definition) is 1. The van der Waals surface area contributed by atoms with Gasteiger partial charge >= 0.3 is 0 Å². The lowest BCUT2D eigenvalue weighted by Gasteiger charge is -2.39. The molecule has 0 bridgehead atoms. The van der Waals surface area contributed by atoms with E-state index in [9.17, 15) is 4.79 Å². The van der Waals surface area contributed by atoms with Crippen molar-refractivity contribution >= 4 is 5.91 Å². The monoisotopic (exact) mass is 359 g/mol. The predicted molar refractivity (Wildman–Crippen MR) is 98.0 cm³/mol. The number of nitrogens with one attached hydrogen (secondary N) is 1. The van der Waals surface area contributed by atoms with E-state index in [0.717, 1.165) is 64.6 Å². The molecule has 0 saturated carbocycles. The second kappa shape index (κ2) is 8.03. The van der Waals surface area contributed by atoms with Gasteiger partial charge < -0.3 is 19.7 Å². The molecule has 1 aromatic rings. The van der Waals surface area contributed by atoms with Crippen molar-refractivity contribution in [2.24, 2.45) is 5.92 Å². The van der Waals surface area contributed by atoms with E-state index in [-0.39, 0.29) is 17.6 Å². The highest BCUT2D eigenvalue weighted by molar-refractivity contribution is 5.94. The van der Waals surface area contributed by atoms with Crippen molar-refractivity contribution in [2.75, 3.05) is 39.5 Å². The zero-order valence-electron chi connectivity index (χ0n) is 15.4. The fourth-order valence-electron chi connectivity index (χ4n) is 4.58. The van der Waals surface area contributed by atoms with Gasteiger partial charge in [-0.2, -0.15) is 0 Å². The predicted octanol–water partition coefficient (Wildman–Crippen LogP) is 1.86. The molecular weight excluding hydrogens is 330 g/mol. The molecule has 1 spiro atoms. The molecule has 2 atom stereocenters. The molecule has 3 aliphatic rings. The van der Waals surface area contributed by atoms with Gasteiger partial charge in [0.2, 0.25) is 0 Å². The van der Waals surface area contributed by atoms with Crippen molar-refractivity contribution in [2.45, 2.75) is 43.7 Å². The molecule has 26 heavy (non-hydrogen) atoms. The topological polar surface area (TPSA) is 63.7 Å². The van der Waals surface area contributed by atoms with Gasteiger partial charge in [0.1, 0.15) is 0 Å². The lowest BCUT2D eigenvalue weighted by molar-refractivity contribution is -0.0799. The number of carbonyl (C=O) groups is 1. The number of carbonyl (C=O) groups excluding carboxylic acids is 1. The number of ether oxygens (including phenoxy) is 2. The van der Waals surface area contributed by atoms with E-state index < -0.39 is 0 Å². The number of hydrogen-bond acceptors (Lipinski definition) is 5. The molecule has 0 unspecified atom stereocenters. The number of rotatable bonds is 4. The van der Waals surface area contributed by atoms with Crippen molar-refractivity contribution in [3.8, 4) is 0 Å². The Kier molecular flexibility index (Phi) is 5.52. The van der Waals surface area contributed by atoms with Crippen molar-refractivity contribution in [1.82, 2.24) is 15.2 Å². The Hall–Kier alpha value is -1.50. The number of amides is 1. The molecule has 0 radical (unpaired) electrons. The average Bonchev–Trinajstić information content (AvgIpc) is 3.05. The zero-order valence-corrected chi connectivity index (χ0v) is 15.4. The summed E-state index contributed by atoms with van der Waals surface area (Å²) in [6.07, 6.45) is 8.51. The maximum atomic E-state index is 12.4. The number of aromatic nitrogens is 1. The summed E-state index contributed by atoms with van der Waals surface area (Å²) in [4.78, 5) is 19.0. The van der Waals surface area contributed by atoms with Crippen LogP contribution in [0.4, 0.5) is 0 Å². The highest BCUT2D eigenvalue weighted by Gasteiger charge is 2.43. The van der Waals surface area contributed by atoms with Crippen LogP contribution in [0.2, 0.25) is 0 Å². The van der Waals surface area contributed by atoms with E-state index in [0.29, 0.717) is 5.56 Å². The first-order valence-corrected chi connectivity index (χ1v) is 9.87. The molecule has 3 saturated heterocycles. The minimum Gasteiger partial charge on any atom is -0.381 e. The van der Waals surface area contributed by atoms with Crippen LogP contribution < -0.4 is 5.32 Å². The minimum atomic E-state index is -0.0870. The number of likely N-dealkylation sites (tertiary alicyclic amines) is 1. The number of nitrogens with zero attached hydrogens (tertiary/aromatic N) is 2. The van der Waals surface area contributed by atoms with Crippen LogP contribution in [0.3, 0.4) is 0 Å². The third-order valence-corrected chi connectivity index (χ3v) is 6.00. The molecule has 0 aliphatic carbocycles. The Labute approximate surface area is 155 Å². The van der Waals surface area contributed by atoms with Gasteiger partial charge in [-0.25, -0.2) is 0 Å². The van der Waals surface area contributed by atoms with Gasteiger partial charge in [0.15, 0.2) is 0 Å². The van der Waals surface area contributed by atoms with E-state index in [2.05, 4.69) is 15.2 Å². The van der Waals surface area contributed by atoms with Crippen LogP contribution in [0, 0.1) is 5.92 Å². The van der Waals surface area contributed by atoms with E-state index in [1.54, 1.807) is 18.5 Å². The smallest absolute Gasteiger partial charge is 0.253 e. The highest BCUT2D eigenvalue weighted by Crippen LogP contribution is 2.35. The van der Waals surface area contributed by atoms with E-state index >= 15 is 0 Å². The summed E-state index contributed by atoms with van der Waals surface area (Å²) in [6, 6.07) is 3.79. The van der Waals surface area contributed by atoms with Gasteiger partial charge in [0, 0.05) is 57.9 Å². The molecule has 3 fully saturated rings. The second-order valence-electron chi connectivity index (χ2n) is 7.98. The minimum absolute atomic E-state index is 0.0304. The summed E-state index contributed by atoms with van der Waals surface area (Å²) >= 11 is 0. The molecule has 1 N–H and O–H groups in total. The van der Waals surface area contributed by atoms with Gasteiger partial charge in [-0.3, -0.25) is 9.78 Å². The van der Waals surface area contributed by atoms with Crippen molar-refractivity contribution in [1.29, 1.82) is 0 Å². The first-order valence-electron chi connectivity index (χ1n) is 9.87. The van der Waals surface area contributed by atoms with Gasteiger partial charge in [0.25, 0.3) is 5.91 Å². The van der Waals surface area contributed by atoms with Gasteiger partial charge in [-0.1, -0.05) is 0 Å². The molecule has 142 valence electrons. The summed E-state index contributed by atoms with van der Waals surface area (Å²) in [5, 5.41) is 3.19. The fraction of sp³-hybridized carbons (Fsp3) is 0.700. The van der Waals surface area contributed by atoms with E-state index in [1.165, 1.54) is 12.8 Å². The van der Waals surface area contributed by atoms with Crippen molar-refractivity contribution < 1.29 is 14.3 Å². The third-order valence-electron chi connectivity index (χ3n) is 6.00.